The highest BCUT2D eigenvalue weighted by Crippen LogP contribution is 2.13. The number of ether oxygens (including phenoxy) is 1. The number of carbonyl (C=O) groups is 1. The quantitative estimate of drug-likeness (QED) is 0.748. The Morgan fingerprint density at radius 1 is 1.28 bits per heavy atom. The molecule has 2 rings (SSSR count). The maximum Gasteiger partial charge on any atom is 0.164 e. The summed E-state index contributed by atoms with van der Waals surface area (Å²) < 4.78 is 5.34. The number of methoxy groups -OCH3 is 1. The average Bonchev–Trinajstić information content (AvgIpc) is 2.46. The molecule has 1 aliphatic rings. The fourth-order valence-electron chi connectivity index (χ4n) is 2.40. The molecule has 0 aliphatic carbocycles. The first-order chi connectivity index (χ1) is 8.79. The van der Waals surface area contributed by atoms with E-state index in [0.717, 1.165) is 38.0 Å². The minimum absolute atomic E-state index is 0.240. The van der Waals surface area contributed by atoms with Crippen LogP contribution in [-0.4, -0.2) is 43.5 Å². The van der Waals surface area contributed by atoms with Gasteiger partial charge in [0.25, 0.3) is 0 Å². The van der Waals surface area contributed by atoms with Crippen molar-refractivity contribution in [3.63, 3.8) is 0 Å². The number of likely N-dealkylation sites (tertiary alicyclic amines) is 1. The van der Waals surface area contributed by atoms with Crippen LogP contribution in [0.15, 0.2) is 30.3 Å². The topological polar surface area (TPSA) is 29.5 Å². The number of hydrogen-bond donors (Lipinski definition) is 0. The second kappa shape index (κ2) is 6.66. The summed E-state index contributed by atoms with van der Waals surface area (Å²) in [6.45, 7) is 2.95. The number of piperidine rings is 1. The zero-order chi connectivity index (χ0) is 12.8. The van der Waals surface area contributed by atoms with Crippen LogP contribution in [0.2, 0.25) is 0 Å². The van der Waals surface area contributed by atoms with Gasteiger partial charge in [-0.25, -0.2) is 0 Å². The minimum Gasteiger partial charge on any atom is -0.381 e. The molecule has 3 nitrogen and oxygen atoms in total. The van der Waals surface area contributed by atoms with Crippen molar-refractivity contribution in [2.24, 2.45) is 0 Å². The van der Waals surface area contributed by atoms with E-state index >= 15 is 0 Å². The van der Waals surface area contributed by atoms with Gasteiger partial charge in [-0.1, -0.05) is 30.3 Å². The van der Waals surface area contributed by atoms with Gasteiger partial charge in [0.05, 0.1) is 6.10 Å². The largest absolute Gasteiger partial charge is 0.381 e. The van der Waals surface area contributed by atoms with Crippen LogP contribution in [0.3, 0.4) is 0 Å². The van der Waals surface area contributed by atoms with Gasteiger partial charge >= 0.3 is 0 Å². The van der Waals surface area contributed by atoms with E-state index in [1.807, 2.05) is 30.3 Å². The third kappa shape index (κ3) is 3.65. The molecule has 0 saturated carbocycles. The van der Waals surface area contributed by atoms with E-state index in [1.165, 1.54) is 0 Å². The van der Waals surface area contributed by atoms with E-state index in [0.29, 0.717) is 12.5 Å². The molecule has 0 radical (unpaired) electrons. The zero-order valence-corrected chi connectivity index (χ0v) is 11.0. The Morgan fingerprint density at radius 3 is 2.56 bits per heavy atom. The van der Waals surface area contributed by atoms with Crippen molar-refractivity contribution in [2.45, 2.75) is 25.4 Å². The van der Waals surface area contributed by atoms with Crippen molar-refractivity contribution in [1.82, 2.24) is 4.90 Å². The molecule has 0 aromatic heterocycles. The average molecular weight is 247 g/mol. The SMILES string of the molecule is COC1CCN(CCC(=O)c2ccccc2)CC1. The first kappa shape index (κ1) is 13.2. The fourth-order valence-corrected chi connectivity index (χ4v) is 2.40. The Bertz CT molecular complexity index is 369. The van der Waals surface area contributed by atoms with Gasteiger partial charge < -0.3 is 9.64 Å². The third-order valence-corrected chi connectivity index (χ3v) is 3.62. The lowest BCUT2D eigenvalue weighted by molar-refractivity contribution is 0.0406. The number of ketones is 1. The van der Waals surface area contributed by atoms with Crippen LogP contribution in [-0.2, 0) is 4.74 Å². The number of rotatable bonds is 5. The summed E-state index contributed by atoms with van der Waals surface area (Å²) >= 11 is 0. The first-order valence-electron chi connectivity index (χ1n) is 6.63. The zero-order valence-electron chi connectivity index (χ0n) is 11.0. The molecule has 1 fully saturated rings. The van der Waals surface area contributed by atoms with Crippen molar-refractivity contribution >= 4 is 5.78 Å². The lowest BCUT2D eigenvalue weighted by Gasteiger charge is -2.30. The highest BCUT2D eigenvalue weighted by atomic mass is 16.5. The summed E-state index contributed by atoms with van der Waals surface area (Å²) in [5, 5.41) is 0. The Morgan fingerprint density at radius 2 is 1.94 bits per heavy atom. The molecule has 3 heteroatoms. The molecule has 0 atom stereocenters. The highest BCUT2D eigenvalue weighted by molar-refractivity contribution is 5.96. The summed E-state index contributed by atoms with van der Waals surface area (Å²) in [6, 6.07) is 9.54. The number of benzene rings is 1. The van der Waals surface area contributed by atoms with E-state index < -0.39 is 0 Å². The van der Waals surface area contributed by atoms with Crippen LogP contribution in [0.25, 0.3) is 0 Å². The summed E-state index contributed by atoms with van der Waals surface area (Å²) in [4.78, 5) is 14.3. The molecule has 1 aliphatic heterocycles. The van der Waals surface area contributed by atoms with Crippen LogP contribution < -0.4 is 0 Å². The van der Waals surface area contributed by atoms with Gasteiger partial charge in [-0.2, -0.15) is 0 Å². The smallest absolute Gasteiger partial charge is 0.164 e. The number of hydrogen-bond acceptors (Lipinski definition) is 3. The van der Waals surface area contributed by atoms with Crippen LogP contribution in [0.1, 0.15) is 29.6 Å². The van der Waals surface area contributed by atoms with Crippen LogP contribution in [0.5, 0.6) is 0 Å². The predicted molar refractivity (Wildman–Crippen MR) is 71.9 cm³/mol. The molecule has 1 heterocycles. The molecular weight excluding hydrogens is 226 g/mol. The van der Waals surface area contributed by atoms with Crippen molar-refractivity contribution in [3.05, 3.63) is 35.9 Å². The van der Waals surface area contributed by atoms with Crippen LogP contribution in [0.4, 0.5) is 0 Å². The van der Waals surface area contributed by atoms with Crippen molar-refractivity contribution in [2.75, 3.05) is 26.7 Å². The Kier molecular flexibility index (Phi) is 4.90. The van der Waals surface area contributed by atoms with Crippen LogP contribution >= 0.6 is 0 Å². The van der Waals surface area contributed by atoms with Crippen molar-refractivity contribution in [1.29, 1.82) is 0 Å². The monoisotopic (exact) mass is 247 g/mol. The number of Topliss-reactive ketones (excluding diaryl/α,β-unsaturated/α-hetero) is 1. The molecule has 0 amide bonds. The molecule has 0 unspecified atom stereocenters. The van der Waals surface area contributed by atoms with Crippen LogP contribution in [0, 0.1) is 0 Å². The van der Waals surface area contributed by atoms with Gasteiger partial charge in [0.2, 0.25) is 0 Å². The number of nitrogens with zero attached hydrogens (tertiary/aromatic N) is 1. The van der Waals surface area contributed by atoms with Gasteiger partial charge in [-0.3, -0.25) is 4.79 Å². The van der Waals surface area contributed by atoms with Crippen molar-refractivity contribution in [3.8, 4) is 0 Å². The summed E-state index contributed by atoms with van der Waals surface area (Å²) in [5.41, 5.74) is 0.823. The van der Waals surface area contributed by atoms with E-state index in [4.69, 9.17) is 4.74 Å². The maximum atomic E-state index is 12.0. The molecule has 18 heavy (non-hydrogen) atoms. The Labute approximate surface area is 109 Å². The molecular formula is C15H21NO2. The third-order valence-electron chi connectivity index (χ3n) is 3.62. The summed E-state index contributed by atoms with van der Waals surface area (Å²) in [7, 11) is 1.78. The molecule has 98 valence electrons. The second-order valence-corrected chi connectivity index (χ2v) is 4.82. The normalized spacial score (nSPS) is 17.8. The Hall–Kier alpha value is -1.19. The van der Waals surface area contributed by atoms with Gasteiger partial charge in [0.15, 0.2) is 5.78 Å². The maximum absolute atomic E-state index is 12.0. The Balaban J connectivity index is 1.74. The molecule has 1 aromatic rings. The second-order valence-electron chi connectivity index (χ2n) is 4.82. The minimum atomic E-state index is 0.240. The van der Waals surface area contributed by atoms with E-state index in [1.54, 1.807) is 7.11 Å². The highest BCUT2D eigenvalue weighted by Gasteiger charge is 2.19. The number of carbonyl (C=O) groups excluding carboxylic acids is 1. The van der Waals surface area contributed by atoms with E-state index in [2.05, 4.69) is 4.90 Å². The van der Waals surface area contributed by atoms with Gasteiger partial charge in [0, 0.05) is 38.7 Å². The molecule has 0 bridgehead atoms. The van der Waals surface area contributed by atoms with E-state index in [9.17, 15) is 4.79 Å². The summed E-state index contributed by atoms with van der Waals surface area (Å²) in [6.07, 6.45) is 3.18. The fraction of sp³-hybridized carbons (Fsp3) is 0.533. The lowest BCUT2D eigenvalue weighted by Crippen LogP contribution is -2.37. The predicted octanol–water partition coefficient (Wildman–Crippen LogP) is 2.37. The first-order valence-corrected chi connectivity index (χ1v) is 6.63. The molecule has 0 N–H and O–H groups in total. The van der Waals surface area contributed by atoms with Crippen molar-refractivity contribution < 1.29 is 9.53 Å². The van der Waals surface area contributed by atoms with Gasteiger partial charge in [0.1, 0.15) is 0 Å². The molecule has 0 spiro atoms. The lowest BCUT2D eigenvalue weighted by atomic mass is 10.1. The standard InChI is InChI=1S/C15H21NO2/c1-18-14-7-10-16(11-8-14)12-9-15(17)13-5-3-2-4-6-13/h2-6,14H,7-12H2,1H3. The van der Waals surface area contributed by atoms with E-state index in [-0.39, 0.29) is 5.78 Å². The molecule has 1 saturated heterocycles. The van der Waals surface area contributed by atoms with Gasteiger partial charge in [-0.15, -0.1) is 0 Å². The summed E-state index contributed by atoms with van der Waals surface area (Å²) in [5.74, 6) is 0.240. The van der Waals surface area contributed by atoms with Gasteiger partial charge in [-0.05, 0) is 12.8 Å². The molecule has 1 aromatic carbocycles.